The molecule has 0 saturated heterocycles. The average molecular weight is 345 g/mol. The molecule has 25 heavy (non-hydrogen) atoms. The fourth-order valence-corrected chi connectivity index (χ4v) is 2.62. The van der Waals surface area contributed by atoms with Crippen molar-refractivity contribution >= 4 is 23.5 Å². The third-order valence-corrected chi connectivity index (χ3v) is 4.04. The Morgan fingerprint density at radius 2 is 2.00 bits per heavy atom. The zero-order valence-corrected chi connectivity index (χ0v) is 14.3. The summed E-state index contributed by atoms with van der Waals surface area (Å²) in [6, 6.07) is 9.42. The molecule has 0 radical (unpaired) electrons. The van der Waals surface area contributed by atoms with Crippen LogP contribution in [0.4, 0.5) is 0 Å². The molecule has 1 aliphatic heterocycles. The van der Waals surface area contributed by atoms with Crippen molar-refractivity contribution < 1.29 is 19.5 Å². The van der Waals surface area contributed by atoms with Gasteiger partial charge in [-0.05, 0) is 12.0 Å². The number of amides is 2. The number of carboxylic acids is 1. The van der Waals surface area contributed by atoms with Crippen LogP contribution in [0.25, 0.3) is 0 Å². The van der Waals surface area contributed by atoms with E-state index in [1.54, 1.807) is 0 Å². The second kappa shape index (κ2) is 8.96. The van der Waals surface area contributed by atoms with E-state index in [9.17, 15) is 14.4 Å². The topological polar surface area (TPSA) is 99.1 Å². The minimum absolute atomic E-state index is 0.0632. The molecule has 1 aliphatic rings. The number of carbonyl (C=O) groups is 3. The van der Waals surface area contributed by atoms with E-state index in [1.807, 2.05) is 37.3 Å². The highest BCUT2D eigenvalue weighted by atomic mass is 16.4. The van der Waals surface area contributed by atoms with E-state index in [0.717, 1.165) is 12.0 Å². The number of aliphatic carboxylic acids is 1. The van der Waals surface area contributed by atoms with Gasteiger partial charge in [-0.15, -0.1) is 0 Å². The number of carboxylic acid groups (broad SMARTS) is 1. The Balaban J connectivity index is 1.99. The molecule has 7 nitrogen and oxygen atoms in total. The van der Waals surface area contributed by atoms with Crippen molar-refractivity contribution in [2.45, 2.75) is 39.2 Å². The summed E-state index contributed by atoms with van der Waals surface area (Å²) in [5, 5.41) is 17.2. The lowest BCUT2D eigenvalue weighted by molar-refractivity contribution is -0.141. The molecular formula is C18H23N3O4. The normalized spacial score (nSPS) is 15.5. The highest BCUT2D eigenvalue weighted by molar-refractivity contribution is 6.39. The molecule has 1 atom stereocenters. The van der Waals surface area contributed by atoms with E-state index >= 15 is 0 Å². The lowest BCUT2D eigenvalue weighted by atomic mass is 10.0. The van der Waals surface area contributed by atoms with Crippen molar-refractivity contribution in [2.24, 2.45) is 11.0 Å². The number of nitrogens with zero attached hydrogens (tertiary/aromatic N) is 2. The first-order valence-electron chi connectivity index (χ1n) is 8.44. The van der Waals surface area contributed by atoms with E-state index < -0.39 is 17.8 Å². The highest BCUT2D eigenvalue weighted by Gasteiger charge is 2.25. The highest BCUT2D eigenvalue weighted by Crippen LogP contribution is 2.14. The molecular weight excluding hydrogens is 322 g/mol. The Labute approximate surface area is 146 Å². The molecule has 0 spiro atoms. The first-order valence-corrected chi connectivity index (χ1v) is 8.44. The van der Waals surface area contributed by atoms with E-state index in [-0.39, 0.29) is 31.0 Å². The summed E-state index contributed by atoms with van der Waals surface area (Å²) in [6.45, 7) is 2.27. The van der Waals surface area contributed by atoms with E-state index in [4.69, 9.17) is 5.11 Å². The first kappa shape index (κ1) is 18.6. The number of carbonyl (C=O) groups excluding carboxylic acids is 2. The molecule has 1 heterocycles. The third kappa shape index (κ3) is 5.41. The largest absolute Gasteiger partial charge is 0.481 e. The van der Waals surface area contributed by atoms with Crippen LogP contribution in [0.1, 0.15) is 38.2 Å². The Kier molecular flexibility index (Phi) is 6.68. The van der Waals surface area contributed by atoms with Crippen LogP contribution in [0.5, 0.6) is 0 Å². The molecule has 2 rings (SSSR count). The summed E-state index contributed by atoms with van der Waals surface area (Å²) in [4.78, 5) is 35.4. The van der Waals surface area contributed by atoms with Gasteiger partial charge in [0, 0.05) is 19.4 Å². The zero-order chi connectivity index (χ0) is 18.2. The Hall–Kier alpha value is -2.70. The lowest BCUT2D eigenvalue weighted by Gasteiger charge is -2.23. The van der Waals surface area contributed by atoms with Crippen LogP contribution >= 0.6 is 0 Å². The summed E-state index contributed by atoms with van der Waals surface area (Å²) < 4.78 is 0. The predicted octanol–water partition coefficient (Wildman–Crippen LogP) is 1.78. The van der Waals surface area contributed by atoms with Crippen LogP contribution in [0.3, 0.4) is 0 Å². The van der Waals surface area contributed by atoms with E-state index in [1.165, 1.54) is 5.01 Å². The SMILES string of the molecule is CCCC(CNC(=O)C1=NN(Cc2ccccc2)C(=O)CC1)C(=O)O. The van der Waals surface area contributed by atoms with Gasteiger partial charge in [-0.2, -0.15) is 5.10 Å². The molecule has 1 aromatic carbocycles. The smallest absolute Gasteiger partial charge is 0.308 e. The summed E-state index contributed by atoms with van der Waals surface area (Å²) in [6.07, 6.45) is 1.71. The number of nitrogens with one attached hydrogen (secondary N) is 1. The van der Waals surface area contributed by atoms with E-state index in [2.05, 4.69) is 10.4 Å². The minimum Gasteiger partial charge on any atom is -0.481 e. The van der Waals surface area contributed by atoms with Crippen LogP contribution in [0.15, 0.2) is 35.4 Å². The van der Waals surface area contributed by atoms with Crippen LogP contribution in [-0.2, 0) is 20.9 Å². The third-order valence-electron chi connectivity index (χ3n) is 4.04. The van der Waals surface area contributed by atoms with Crippen LogP contribution < -0.4 is 5.32 Å². The van der Waals surface area contributed by atoms with Gasteiger partial charge in [0.2, 0.25) is 5.91 Å². The molecule has 0 aromatic heterocycles. The number of rotatable bonds is 8. The van der Waals surface area contributed by atoms with Gasteiger partial charge in [0.1, 0.15) is 5.71 Å². The van der Waals surface area contributed by atoms with Gasteiger partial charge >= 0.3 is 5.97 Å². The van der Waals surface area contributed by atoms with Gasteiger partial charge in [0.05, 0.1) is 12.5 Å². The summed E-state index contributed by atoms with van der Waals surface area (Å²) in [7, 11) is 0. The molecule has 1 unspecified atom stereocenters. The van der Waals surface area contributed by atoms with Crippen LogP contribution in [-0.4, -0.2) is 40.2 Å². The average Bonchev–Trinajstić information content (AvgIpc) is 2.61. The maximum atomic E-state index is 12.3. The van der Waals surface area contributed by atoms with E-state index in [0.29, 0.717) is 13.0 Å². The van der Waals surface area contributed by atoms with Crippen molar-refractivity contribution in [3.8, 4) is 0 Å². The fourth-order valence-electron chi connectivity index (χ4n) is 2.62. The number of hydrogen-bond donors (Lipinski definition) is 2. The predicted molar refractivity (Wildman–Crippen MR) is 92.7 cm³/mol. The lowest BCUT2D eigenvalue weighted by Crippen LogP contribution is -2.41. The number of hydrogen-bond acceptors (Lipinski definition) is 4. The molecule has 0 aliphatic carbocycles. The second-order valence-corrected chi connectivity index (χ2v) is 6.02. The summed E-state index contributed by atoms with van der Waals surface area (Å²) in [5.74, 6) is -2.07. The molecule has 0 bridgehead atoms. The maximum absolute atomic E-state index is 12.3. The molecule has 0 saturated carbocycles. The van der Waals surface area contributed by atoms with Crippen molar-refractivity contribution in [2.75, 3.05) is 6.54 Å². The standard InChI is InChI=1S/C18H23N3O4/c1-2-6-14(18(24)25)11-19-17(23)15-9-10-16(22)21(20-15)12-13-7-4-3-5-8-13/h3-5,7-8,14H,2,6,9-12H2,1H3,(H,19,23)(H,24,25). The monoisotopic (exact) mass is 345 g/mol. The van der Waals surface area contributed by atoms with Crippen LogP contribution in [0.2, 0.25) is 0 Å². The Morgan fingerprint density at radius 3 is 2.64 bits per heavy atom. The van der Waals surface area contributed by atoms with Gasteiger partial charge < -0.3 is 10.4 Å². The maximum Gasteiger partial charge on any atom is 0.308 e. The quantitative estimate of drug-likeness (QED) is 0.750. The van der Waals surface area contributed by atoms with Gasteiger partial charge in [0.25, 0.3) is 5.91 Å². The van der Waals surface area contributed by atoms with Crippen molar-refractivity contribution in [1.82, 2.24) is 10.3 Å². The van der Waals surface area contributed by atoms with Crippen molar-refractivity contribution in [1.29, 1.82) is 0 Å². The fraction of sp³-hybridized carbons (Fsp3) is 0.444. The molecule has 7 heteroatoms. The molecule has 1 aromatic rings. The minimum atomic E-state index is -0.923. The zero-order valence-electron chi connectivity index (χ0n) is 14.3. The summed E-state index contributed by atoms with van der Waals surface area (Å²) in [5.41, 5.74) is 1.19. The summed E-state index contributed by atoms with van der Waals surface area (Å²) >= 11 is 0. The Bertz CT molecular complexity index is 658. The molecule has 134 valence electrons. The first-order chi connectivity index (χ1) is 12.0. The Morgan fingerprint density at radius 1 is 1.28 bits per heavy atom. The molecule has 2 N–H and O–H groups in total. The van der Waals surface area contributed by atoms with Gasteiger partial charge in [0.15, 0.2) is 0 Å². The second-order valence-electron chi connectivity index (χ2n) is 6.02. The molecule has 2 amide bonds. The van der Waals surface area contributed by atoms with Crippen LogP contribution in [0, 0.1) is 5.92 Å². The van der Waals surface area contributed by atoms with Gasteiger partial charge in [-0.3, -0.25) is 14.4 Å². The molecule has 0 fully saturated rings. The number of benzene rings is 1. The van der Waals surface area contributed by atoms with Crippen molar-refractivity contribution in [3.05, 3.63) is 35.9 Å². The van der Waals surface area contributed by atoms with Gasteiger partial charge in [-0.1, -0.05) is 43.7 Å². The van der Waals surface area contributed by atoms with Gasteiger partial charge in [-0.25, -0.2) is 5.01 Å². The van der Waals surface area contributed by atoms with Crippen molar-refractivity contribution in [3.63, 3.8) is 0 Å². The number of hydrazone groups is 1.